The van der Waals surface area contributed by atoms with Gasteiger partial charge in [0.2, 0.25) is 5.91 Å². The Morgan fingerprint density at radius 2 is 1.82 bits per heavy atom. The molecule has 13 heteroatoms. The molecule has 3 fully saturated rings. The second kappa shape index (κ2) is 11.7. The number of benzene rings is 3. The third-order valence-corrected chi connectivity index (χ3v) is 9.94. The Balaban J connectivity index is 1.25. The Labute approximate surface area is 262 Å². The average molecular weight is 632 g/mol. The molecule has 4 aromatic rings. The number of nitrogens with one attached hydrogen (secondary N) is 1. The first kappa shape index (κ1) is 29.7. The number of amides is 1. The van der Waals surface area contributed by atoms with Crippen LogP contribution in [-0.2, 0) is 15.0 Å². The molecule has 3 saturated heterocycles. The zero-order valence-electron chi connectivity index (χ0n) is 25.1. The second-order valence-corrected chi connectivity index (χ2v) is 13.7. The minimum Gasteiger partial charge on any atom is -0.508 e. The summed E-state index contributed by atoms with van der Waals surface area (Å²) in [5.74, 6) is 0.658. The molecule has 4 heterocycles. The number of fused-ring (bicyclic) bond motifs is 4. The van der Waals surface area contributed by atoms with Gasteiger partial charge in [-0.2, -0.15) is 23.1 Å². The lowest BCUT2D eigenvalue weighted by Gasteiger charge is -2.42. The van der Waals surface area contributed by atoms with Crippen LogP contribution in [0.2, 0.25) is 0 Å². The van der Waals surface area contributed by atoms with Gasteiger partial charge in [-0.3, -0.25) is 4.79 Å². The Kier molecular flexibility index (Phi) is 7.72. The van der Waals surface area contributed by atoms with Crippen LogP contribution in [0.15, 0.2) is 54.6 Å². The molecule has 0 aliphatic carbocycles. The van der Waals surface area contributed by atoms with Crippen molar-refractivity contribution in [2.24, 2.45) is 5.14 Å². The van der Waals surface area contributed by atoms with Gasteiger partial charge in [0.05, 0.1) is 12.1 Å². The van der Waals surface area contributed by atoms with Crippen molar-refractivity contribution < 1.29 is 23.1 Å². The Bertz CT molecular complexity index is 1870. The van der Waals surface area contributed by atoms with Gasteiger partial charge in [0, 0.05) is 36.6 Å². The van der Waals surface area contributed by atoms with E-state index >= 15 is 0 Å². The summed E-state index contributed by atoms with van der Waals surface area (Å²) in [4.78, 5) is 29.0. The lowest BCUT2D eigenvalue weighted by Crippen LogP contribution is -2.57. The standard InChI is InChI=1S/C32H37N7O5S/c1-37-12-4-6-24(37)19-44-32-35-29-14-21(28-15-25(40)13-20-5-2-3-7-26(20)28)8-11-27(29)31(36-32)39-22-9-10-23(39)18-38(17-22)30(41)16-34-45(33,42)43/h2-3,5,7-8,11,13-15,22-24,34,40H,4,6,9-10,12,16-19H2,1H3,(H2,33,42,43)/t22?,23?,24-/m0/s1. The fraction of sp³-hybridized carbons (Fsp3) is 0.406. The lowest BCUT2D eigenvalue weighted by atomic mass is 9.97. The molecule has 1 aromatic heterocycles. The molecule has 3 atom stereocenters. The van der Waals surface area contributed by atoms with Crippen LogP contribution in [0.25, 0.3) is 32.8 Å². The summed E-state index contributed by atoms with van der Waals surface area (Å²) in [7, 11) is -1.85. The van der Waals surface area contributed by atoms with E-state index in [1.54, 1.807) is 17.0 Å². The predicted molar refractivity (Wildman–Crippen MR) is 172 cm³/mol. The Morgan fingerprint density at radius 1 is 1.04 bits per heavy atom. The van der Waals surface area contributed by atoms with E-state index in [1.165, 1.54) is 0 Å². The number of phenolic OH excluding ortho intramolecular Hbond substituents is 1. The molecule has 236 valence electrons. The smallest absolute Gasteiger partial charge is 0.319 e. The quantitative estimate of drug-likeness (QED) is 0.266. The summed E-state index contributed by atoms with van der Waals surface area (Å²) < 4.78 is 31.1. The second-order valence-electron chi connectivity index (χ2n) is 12.3. The maximum atomic E-state index is 12.9. The van der Waals surface area contributed by atoms with Crippen LogP contribution in [0.5, 0.6) is 11.8 Å². The van der Waals surface area contributed by atoms with Crippen LogP contribution in [0, 0.1) is 0 Å². The monoisotopic (exact) mass is 631 g/mol. The number of nitrogens with zero attached hydrogens (tertiary/aromatic N) is 5. The molecular weight excluding hydrogens is 594 g/mol. The van der Waals surface area contributed by atoms with Crippen molar-refractivity contribution in [3.05, 3.63) is 54.6 Å². The van der Waals surface area contributed by atoms with Crippen LogP contribution in [0.3, 0.4) is 0 Å². The minimum atomic E-state index is -3.96. The average Bonchev–Trinajstić information content (AvgIpc) is 3.54. The molecule has 0 radical (unpaired) electrons. The number of piperazine rings is 1. The highest BCUT2D eigenvalue weighted by Crippen LogP contribution is 2.40. The van der Waals surface area contributed by atoms with Gasteiger partial charge in [-0.05, 0) is 85.4 Å². The van der Waals surface area contributed by atoms with Gasteiger partial charge in [-0.15, -0.1) is 0 Å². The number of anilines is 1. The van der Waals surface area contributed by atoms with E-state index in [4.69, 9.17) is 19.8 Å². The van der Waals surface area contributed by atoms with Crippen LogP contribution in [-0.4, -0.2) is 97.2 Å². The molecule has 4 N–H and O–H groups in total. The molecule has 12 nitrogen and oxygen atoms in total. The highest BCUT2D eigenvalue weighted by Gasteiger charge is 2.43. The molecule has 3 aliphatic rings. The van der Waals surface area contributed by atoms with Gasteiger partial charge >= 0.3 is 6.01 Å². The molecule has 0 saturated carbocycles. The number of hydrogen-bond acceptors (Lipinski definition) is 9. The zero-order valence-corrected chi connectivity index (χ0v) is 25.9. The van der Waals surface area contributed by atoms with E-state index in [9.17, 15) is 18.3 Å². The number of aromatic nitrogens is 2. The van der Waals surface area contributed by atoms with Crippen LogP contribution in [0.1, 0.15) is 25.7 Å². The van der Waals surface area contributed by atoms with E-state index in [1.807, 2.05) is 42.5 Å². The van der Waals surface area contributed by atoms with Crippen LogP contribution >= 0.6 is 0 Å². The third kappa shape index (κ3) is 6.00. The highest BCUT2D eigenvalue weighted by atomic mass is 32.2. The van der Waals surface area contributed by atoms with E-state index < -0.39 is 10.2 Å². The first-order chi connectivity index (χ1) is 21.6. The van der Waals surface area contributed by atoms with Gasteiger partial charge in [0.1, 0.15) is 18.2 Å². The topological polar surface area (TPSA) is 154 Å². The van der Waals surface area contributed by atoms with E-state index in [2.05, 4.69) is 21.6 Å². The van der Waals surface area contributed by atoms with Crippen molar-refractivity contribution in [2.75, 3.05) is 44.7 Å². The number of likely N-dealkylation sites (tertiary alicyclic amines) is 2. The number of ether oxygens (including phenoxy) is 1. The van der Waals surface area contributed by atoms with Crippen molar-refractivity contribution in [2.45, 2.75) is 43.8 Å². The molecule has 45 heavy (non-hydrogen) atoms. The van der Waals surface area contributed by atoms with Crippen molar-refractivity contribution in [3.8, 4) is 22.9 Å². The highest BCUT2D eigenvalue weighted by molar-refractivity contribution is 7.87. The number of nitrogens with two attached hydrogens (primary N) is 1. The SMILES string of the molecule is CN1CCC[C@H]1COc1nc(N2C3CCC2CN(C(=O)CNS(N)(=O)=O)C3)c2ccc(-c3cc(O)cc4ccccc34)cc2n1. The predicted octanol–water partition coefficient (Wildman–Crippen LogP) is 2.60. The largest absolute Gasteiger partial charge is 0.508 e. The summed E-state index contributed by atoms with van der Waals surface area (Å²) in [6.45, 7) is 2.06. The molecule has 1 amide bonds. The van der Waals surface area contributed by atoms with Gasteiger partial charge < -0.3 is 24.5 Å². The number of likely N-dealkylation sites (N-methyl/N-ethyl adjacent to an activating group) is 1. The summed E-state index contributed by atoms with van der Waals surface area (Å²) in [5, 5.41) is 18.4. The summed E-state index contributed by atoms with van der Waals surface area (Å²) in [6, 6.07) is 18.2. The number of carbonyl (C=O) groups is 1. The van der Waals surface area contributed by atoms with E-state index in [0.717, 1.165) is 70.8 Å². The summed E-state index contributed by atoms with van der Waals surface area (Å²) in [6.07, 6.45) is 3.94. The van der Waals surface area contributed by atoms with Gasteiger partial charge in [-0.1, -0.05) is 30.3 Å². The van der Waals surface area contributed by atoms with Crippen molar-refractivity contribution in [3.63, 3.8) is 0 Å². The third-order valence-electron chi connectivity index (χ3n) is 9.39. The molecule has 7 rings (SSSR count). The first-order valence-corrected chi connectivity index (χ1v) is 16.9. The van der Waals surface area contributed by atoms with E-state index in [-0.39, 0.29) is 30.3 Å². The lowest BCUT2D eigenvalue weighted by molar-refractivity contribution is -0.130. The van der Waals surface area contributed by atoms with E-state index in [0.29, 0.717) is 31.7 Å². The Morgan fingerprint density at radius 3 is 2.56 bits per heavy atom. The molecular formula is C32H37N7O5S. The number of rotatable bonds is 8. The van der Waals surface area contributed by atoms with Gasteiger partial charge in [0.25, 0.3) is 10.2 Å². The molecule has 3 aliphatic heterocycles. The summed E-state index contributed by atoms with van der Waals surface area (Å²) in [5.41, 5.74) is 2.56. The normalized spacial score (nSPS) is 22.0. The Hall–Kier alpha value is -4.04. The number of carbonyl (C=O) groups excluding carboxylic acids is 1. The van der Waals surface area contributed by atoms with Crippen molar-refractivity contribution >= 4 is 43.6 Å². The van der Waals surface area contributed by atoms with Gasteiger partial charge in [0.15, 0.2) is 0 Å². The van der Waals surface area contributed by atoms with Crippen LogP contribution < -0.4 is 19.5 Å². The molecule has 0 spiro atoms. The summed E-state index contributed by atoms with van der Waals surface area (Å²) >= 11 is 0. The maximum Gasteiger partial charge on any atom is 0.319 e. The van der Waals surface area contributed by atoms with Gasteiger partial charge in [-0.25, -0.2) is 5.14 Å². The number of hydrogen-bond donors (Lipinski definition) is 3. The minimum absolute atomic E-state index is 0.00351. The van der Waals surface area contributed by atoms with Crippen molar-refractivity contribution in [1.82, 2.24) is 24.5 Å². The molecule has 2 unspecified atom stereocenters. The first-order valence-electron chi connectivity index (χ1n) is 15.3. The number of phenols is 1. The maximum absolute atomic E-state index is 12.9. The van der Waals surface area contributed by atoms with Crippen molar-refractivity contribution in [1.29, 1.82) is 0 Å². The number of aromatic hydroxyl groups is 1. The van der Waals surface area contributed by atoms with Crippen LogP contribution in [0.4, 0.5) is 5.82 Å². The fourth-order valence-electron chi connectivity index (χ4n) is 7.14. The molecule has 3 aromatic carbocycles. The fourth-order valence-corrected chi connectivity index (χ4v) is 7.47. The zero-order chi connectivity index (χ0) is 31.3. The molecule has 2 bridgehead atoms.